The quantitative estimate of drug-likeness (QED) is 0.732. The van der Waals surface area contributed by atoms with Gasteiger partial charge in [-0.3, -0.25) is 0 Å². The first-order valence-electron chi connectivity index (χ1n) is 3.97. The van der Waals surface area contributed by atoms with Crippen LogP contribution >= 0.6 is 11.6 Å². The average Bonchev–Trinajstić information content (AvgIpc) is 2.03. The largest absolute Gasteiger partial charge is 0.393 e. The van der Waals surface area contributed by atoms with E-state index in [1.54, 1.807) is 19.2 Å². The molecule has 0 fully saturated rings. The molecule has 12 heavy (non-hydrogen) atoms. The van der Waals surface area contributed by atoms with E-state index in [9.17, 15) is 0 Å². The van der Waals surface area contributed by atoms with Crippen molar-refractivity contribution in [3.8, 4) is 0 Å². The molecule has 0 saturated carbocycles. The molecule has 0 aliphatic heterocycles. The Morgan fingerprint density at radius 3 is 2.83 bits per heavy atom. The minimum Gasteiger partial charge on any atom is -0.393 e. The highest BCUT2D eigenvalue weighted by atomic mass is 35.5. The first-order chi connectivity index (χ1) is 5.68. The molecule has 1 heterocycles. The van der Waals surface area contributed by atoms with Gasteiger partial charge >= 0.3 is 0 Å². The number of hydrogen-bond acceptors (Lipinski definition) is 2. The van der Waals surface area contributed by atoms with Crippen molar-refractivity contribution in [3.05, 3.63) is 29.0 Å². The fourth-order valence-corrected chi connectivity index (χ4v) is 1.04. The van der Waals surface area contributed by atoms with Crippen molar-refractivity contribution in [3.63, 3.8) is 0 Å². The Hall–Kier alpha value is -0.600. The zero-order valence-corrected chi connectivity index (χ0v) is 7.75. The summed E-state index contributed by atoms with van der Waals surface area (Å²) in [5, 5.41) is 9.53. The van der Waals surface area contributed by atoms with E-state index in [0.717, 1.165) is 18.4 Å². The molecular weight excluding hydrogens is 174 g/mol. The van der Waals surface area contributed by atoms with Gasteiger partial charge in [0, 0.05) is 6.20 Å². The molecule has 1 unspecified atom stereocenters. The summed E-state index contributed by atoms with van der Waals surface area (Å²) in [5.74, 6) is 0. The van der Waals surface area contributed by atoms with Crippen LogP contribution in [-0.4, -0.2) is 16.2 Å². The van der Waals surface area contributed by atoms with Crippen molar-refractivity contribution in [2.75, 3.05) is 0 Å². The number of aliphatic hydroxyl groups is 1. The van der Waals surface area contributed by atoms with E-state index in [0.29, 0.717) is 5.15 Å². The summed E-state index contributed by atoms with van der Waals surface area (Å²) in [6.45, 7) is 1.78. The van der Waals surface area contributed by atoms with Gasteiger partial charge in [0.1, 0.15) is 5.15 Å². The third-order valence-electron chi connectivity index (χ3n) is 1.64. The predicted octanol–water partition coefficient (Wildman–Crippen LogP) is 2.05. The van der Waals surface area contributed by atoms with Gasteiger partial charge in [0.25, 0.3) is 0 Å². The minimum atomic E-state index is -0.249. The molecule has 1 N–H and O–H groups in total. The number of rotatable bonds is 3. The van der Waals surface area contributed by atoms with Crippen LogP contribution in [0.5, 0.6) is 0 Å². The lowest BCUT2D eigenvalue weighted by Gasteiger charge is -2.02. The van der Waals surface area contributed by atoms with E-state index in [4.69, 9.17) is 16.7 Å². The summed E-state index contributed by atoms with van der Waals surface area (Å²) in [5.41, 5.74) is 1.11. The molecule has 0 spiro atoms. The molecule has 1 aromatic rings. The highest BCUT2D eigenvalue weighted by Crippen LogP contribution is 2.07. The number of pyridine rings is 1. The third-order valence-corrected chi connectivity index (χ3v) is 1.86. The van der Waals surface area contributed by atoms with E-state index in [1.165, 1.54) is 0 Å². The Morgan fingerprint density at radius 2 is 2.33 bits per heavy atom. The second kappa shape index (κ2) is 4.43. The molecule has 3 heteroatoms. The fourth-order valence-electron chi connectivity index (χ4n) is 0.930. The van der Waals surface area contributed by atoms with Crippen molar-refractivity contribution >= 4 is 11.6 Å². The zero-order valence-electron chi connectivity index (χ0n) is 7.00. The van der Waals surface area contributed by atoms with Crippen LogP contribution < -0.4 is 0 Å². The summed E-state index contributed by atoms with van der Waals surface area (Å²) in [4.78, 5) is 3.94. The van der Waals surface area contributed by atoms with E-state index in [2.05, 4.69) is 4.98 Å². The Morgan fingerprint density at radius 1 is 1.58 bits per heavy atom. The van der Waals surface area contributed by atoms with Crippen LogP contribution in [0, 0.1) is 0 Å². The fraction of sp³-hybridized carbons (Fsp3) is 0.444. The smallest absolute Gasteiger partial charge is 0.129 e. The molecule has 0 aliphatic rings. The highest BCUT2D eigenvalue weighted by Gasteiger charge is 1.97. The van der Waals surface area contributed by atoms with Gasteiger partial charge in [-0.05, 0) is 31.4 Å². The summed E-state index contributed by atoms with van der Waals surface area (Å²) < 4.78 is 0. The van der Waals surface area contributed by atoms with Gasteiger partial charge in [0.2, 0.25) is 0 Å². The average molecular weight is 186 g/mol. The standard InChI is InChI=1S/C9H12ClNO/c1-7(12)2-3-8-4-5-9(10)11-6-8/h4-7,12H,2-3H2,1H3. The summed E-state index contributed by atoms with van der Waals surface area (Å²) >= 11 is 5.61. The molecule has 0 bridgehead atoms. The second-order valence-corrected chi connectivity index (χ2v) is 3.26. The van der Waals surface area contributed by atoms with Gasteiger partial charge in [0.15, 0.2) is 0 Å². The number of hydrogen-bond donors (Lipinski definition) is 1. The molecule has 0 aliphatic carbocycles. The van der Waals surface area contributed by atoms with Gasteiger partial charge in [-0.15, -0.1) is 0 Å². The number of nitrogens with zero attached hydrogens (tertiary/aromatic N) is 1. The zero-order chi connectivity index (χ0) is 8.97. The molecule has 1 atom stereocenters. The van der Waals surface area contributed by atoms with E-state index < -0.39 is 0 Å². The maximum atomic E-state index is 9.02. The van der Waals surface area contributed by atoms with Gasteiger partial charge in [-0.1, -0.05) is 17.7 Å². The second-order valence-electron chi connectivity index (χ2n) is 2.88. The van der Waals surface area contributed by atoms with Crippen molar-refractivity contribution in [2.45, 2.75) is 25.9 Å². The SMILES string of the molecule is CC(O)CCc1ccc(Cl)nc1. The lowest BCUT2D eigenvalue weighted by molar-refractivity contribution is 0.185. The normalized spacial score (nSPS) is 12.9. The van der Waals surface area contributed by atoms with Crippen molar-refractivity contribution in [1.82, 2.24) is 4.98 Å². The van der Waals surface area contributed by atoms with Crippen LogP contribution in [0.2, 0.25) is 5.15 Å². The maximum absolute atomic E-state index is 9.02. The molecule has 2 nitrogen and oxygen atoms in total. The lowest BCUT2D eigenvalue weighted by Crippen LogP contribution is -2.01. The third kappa shape index (κ3) is 3.20. The van der Waals surface area contributed by atoms with Crippen LogP contribution in [0.1, 0.15) is 18.9 Å². The molecule has 0 aromatic carbocycles. The molecular formula is C9H12ClNO. The van der Waals surface area contributed by atoms with Gasteiger partial charge < -0.3 is 5.11 Å². The Balaban J connectivity index is 2.48. The first-order valence-corrected chi connectivity index (χ1v) is 4.35. The Labute approximate surface area is 77.2 Å². The van der Waals surface area contributed by atoms with Crippen LogP contribution in [0.4, 0.5) is 0 Å². The molecule has 66 valence electrons. The number of aryl methyl sites for hydroxylation is 1. The van der Waals surface area contributed by atoms with Gasteiger partial charge in [-0.25, -0.2) is 4.98 Å². The van der Waals surface area contributed by atoms with E-state index >= 15 is 0 Å². The van der Waals surface area contributed by atoms with Crippen molar-refractivity contribution < 1.29 is 5.11 Å². The Kier molecular flexibility index (Phi) is 3.50. The number of halogens is 1. The summed E-state index contributed by atoms with van der Waals surface area (Å²) in [7, 11) is 0. The highest BCUT2D eigenvalue weighted by molar-refractivity contribution is 6.29. The molecule has 0 saturated heterocycles. The minimum absolute atomic E-state index is 0.249. The molecule has 1 aromatic heterocycles. The molecule has 0 amide bonds. The van der Waals surface area contributed by atoms with Crippen LogP contribution in [0.15, 0.2) is 18.3 Å². The monoisotopic (exact) mass is 185 g/mol. The molecule has 1 rings (SSSR count). The molecule has 0 radical (unpaired) electrons. The van der Waals surface area contributed by atoms with Crippen LogP contribution in [0.3, 0.4) is 0 Å². The Bertz CT molecular complexity index is 233. The maximum Gasteiger partial charge on any atom is 0.129 e. The number of aliphatic hydroxyl groups excluding tert-OH is 1. The van der Waals surface area contributed by atoms with Crippen molar-refractivity contribution in [1.29, 1.82) is 0 Å². The first kappa shape index (κ1) is 9.49. The van der Waals surface area contributed by atoms with E-state index in [1.807, 2.05) is 6.07 Å². The van der Waals surface area contributed by atoms with Crippen LogP contribution in [0.25, 0.3) is 0 Å². The van der Waals surface area contributed by atoms with Gasteiger partial charge in [0.05, 0.1) is 6.10 Å². The van der Waals surface area contributed by atoms with E-state index in [-0.39, 0.29) is 6.10 Å². The van der Waals surface area contributed by atoms with Gasteiger partial charge in [-0.2, -0.15) is 0 Å². The van der Waals surface area contributed by atoms with Crippen LogP contribution in [-0.2, 0) is 6.42 Å². The number of aromatic nitrogens is 1. The lowest BCUT2D eigenvalue weighted by atomic mass is 10.1. The summed E-state index contributed by atoms with van der Waals surface area (Å²) in [6, 6.07) is 3.69. The summed E-state index contributed by atoms with van der Waals surface area (Å²) in [6.07, 6.45) is 3.11. The topological polar surface area (TPSA) is 33.1 Å². The van der Waals surface area contributed by atoms with Crippen molar-refractivity contribution in [2.24, 2.45) is 0 Å². The predicted molar refractivity (Wildman–Crippen MR) is 49.2 cm³/mol.